The van der Waals surface area contributed by atoms with Crippen molar-refractivity contribution in [3.05, 3.63) is 29.3 Å². The van der Waals surface area contributed by atoms with Gasteiger partial charge in [-0.25, -0.2) is 8.78 Å². The van der Waals surface area contributed by atoms with Crippen molar-refractivity contribution in [3.8, 4) is 0 Å². The van der Waals surface area contributed by atoms with Crippen LogP contribution in [0.15, 0.2) is 12.1 Å². The molecule has 0 aliphatic carbocycles. The fourth-order valence-electron chi connectivity index (χ4n) is 1.90. The summed E-state index contributed by atoms with van der Waals surface area (Å²) in [5.41, 5.74) is -0.210. The maximum absolute atomic E-state index is 13.1. The van der Waals surface area contributed by atoms with E-state index in [0.29, 0.717) is 6.07 Å². The second-order valence-corrected chi connectivity index (χ2v) is 4.07. The smallest absolute Gasteiger partial charge is 0.303 e. The van der Waals surface area contributed by atoms with Crippen LogP contribution in [0.5, 0.6) is 0 Å². The van der Waals surface area contributed by atoms with Crippen molar-refractivity contribution in [2.75, 3.05) is 11.4 Å². The van der Waals surface area contributed by atoms with E-state index in [0.717, 1.165) is 11.0 Å². The van der Waals surface area contributed by atoms with Gasteiger partial charge in [0.2, 0.25) is 0 Å². The van der Waals surface area contributed by atoms with Gasteiger partial charge in [0.1, 0.15) is 0 Å². The van der Waals surface area contributed by atoms with Gasteiger partial charge in [-0.05, 0) is 12.5 Å². The number of hydrogen-bond acceptors (Lipinski definition) is 3. The van der Waals surface area contributed by atoms with E-state index in [-0.39, 0.29) is 30.6 Å². The van der Waals surface area contributed by atoms with Crippen LogP contribution in [0.4, 0.5) is 14.5 Å². The van der Waals surface area contributed by atoms with Gasteiger partial charge in [0, 0.05) is 19.0 Å². The highest BCUT2D eigenvalue weighted by Crippen LogP contribution is 2.31. The van der Waals surface area contributed by atoms with Crippen LogP contribution in [0.2, 0.25) is 0 Å². The Hall–Kier alpha value is -2.31. The summed E-state index contributed by atoms with van der Waals surface area (Å²) >= 11 is 0. The highest BCUT2D eigenvalue weighted by molar-refractivity contribution is 6.52. The van der Waals surface area contributed by atoms with Crippen LogP contribution in [0.25, 0.3) is 0 Å². The van der Waals surface area contributed by atoms with Gasteiger partial charge >= 0.3 is 5.97 Å². The first-order valence-electron chi connectivity index (χ1n) is 5.49. The van der Waals surface area contributed by atoms with Crippen LogP contribution in [-0.4, -0.2) is 29.3 Å². The van der Waals surface area contributed by atoms with E-state index in [1.165, 1.54) is 0 Å². The number of rotatable bonds is 4. The average Bonchev–Trinajstić information content (AvgIpc) is 2.55. The van der Waals surface area contributed by atoms with E-state index >= 15 is 0 Å². The van der Waals surface area contributed by atoms with Crippen molar-refractivity contribution >= 4 is 23.3 Å². The molecule has 1 aromatic rings. The number of amides is 1. The fraction of sp³-hybridized carbons (Fsp3) is 0.250. The molecule has 0 bridgehead atoms. The first kappa shape index (κ1) is 13.1. The Morgan fingerprint density at radius 1 is 1.21 bits per heavy atom. The Bertz CT molecular complexity index is 585. The Kier molecular flexibility index (Phi) is 3.28. The number of ketones is 1. The number of Topliss-reactive ketones (excluding diaryl/α,β-unsaturated/α-hetero) is 1. The van der Waals surface area contributed by atoms with Gasteiger partial charge in [-0.3, -0.25) is 14.4 Å². The summed E-state index contributed by atoms with van der Waals surface area (Å²) in [4.78, 5) is 34.6. The summed E-state index contributed by atoms with van der Waals surface area (Å²) in [6, 6.07) is 1.45. The summed E-state index contributed by atoms with van der Waals surface area (Å²) in [7, 11) is 0. The molecule has 0 radical (unpaired) electrons. The molecule has 1 N–H and O–H groups in total. The molecule has 1 aromatic carbocycles. The van der Waals surface area contributed by atoms with E-state index in [1.54, 1.807) is 0 Å². The van der Waals surface area contributed by atoms with Crippen LogP contribution < -0.4 is 4.90 Å². The Balaban J connectivity index is 2.28. The molecule has 5 nitrogen and oxygen atoms in total. The quantitative estimate of drug-likeness (QED) is 0.837. The molecule has 1 aliphatic heterocycles. The molecular formula is C12H9F2NO4. The monoisotopic (exact) mass is 269 g/mol. The molecule has 1 heterocycles. The van der Waals surface area contributed by atoms with E-state index in [4.69, 9.17) is 5.11 Å². The van der Waals surface area contributed by atoms with Crippen LogP contribution in [0.3, 0.4) is 0 Å². The van der Waals surface area contributed by atoms with Crippen LogP contribution in [0, 0.1) is 11.6 Å². The lowest BCUT2D eigenvalue weighted by molar-refractivity contribution is -0.137. The summed E-state index contributed by atoms with van der Waals surface area (Å²) in [6.45, 7) is -0.0328. The summed E-state index contributed by atoms with van der Waals surface area (Å²) in [6.07, 6.45) is -0.0657. The predicted molar refractivity (Wildman–Crippen MR) is 59.9 cm³/mol. The van der Waals surface area contributed by atoms with Gasteiger partial charge in [0.25, 0.3) is 11.7 Å². The van der Waals surface area contributed by atoms with Crippen LogP contribution in [-0.2, 0) is 9.59 Å². The summed E-state index contributed by atoms with van der Waals surface area (Å²) in [5.74, 6) is -5.21. The molecule has 19 heavy (non-hydrogen) atoms. The van der Waals surface area contributed by atoms with Gasteiger partial charge < -0.3 is 10.0 Å². The van der Waals surface area contributed by atoms with E-state index in [2.05, 4.69) is 0 Å². The highest BCUT2D eigenvalue weighted by Gasteiger charge is 2.36. The van der Waals surface area contributed by atoms with E-state index < -0.39 is 29.3 Å². The third-order valence-electron chi connectivity index (χ3n) is 2.79. The molecule has 0 unspecified atom stereocenters. The number of halogens is 2. The first-order chi connectivity index (χ1) is 8.91. The minimum atomic E-state index is -1.20. The van der Waals surface area contributed by atoms with Crippen molar-refractivity contribution in [1.82, 2.24) is 0 Å². The van der Waals surface area contributed by atoms with Gasteiger partial charge in [-0.15, -0.1) is 0 Å². The minimum absolute atomic E-state index is 0.0145. The molecule has 0 atom stereocenters. The van der Waals surface area contributed by atoms with Gasteiger partial charge in [0.05, 0.1) is 11.3 Å². The third-order valence-corrected chi connectivity index (χ3v) is 2.79. The molecule has 2 rings (SSSR count). The third kappa shape index (κ3) is 2.31. The number of carboxylic acids is 1. The molecule has 0 spiro atoms. The lowest BCUT2D eigenvalue weighted by Crippen LogP contribution is -2.30. The Morgan fingerprint density at radius 2 is 1.84 bits per heavy atom. The van der Waals surface area contributed by atoms with Crippen molar-refractivity contribution in [3.63, 3.8) is 0 Å². The standard InChI is InChI=1S/C12H9F2NO4/c13-7-4-6-9(5-8(7)14)15(12(19)11(6)18)3-1-2-10(16)17/h4-5H,1-3H2,(H,16,17). The van der Waals surface area contributed by atoms with Crippen molar-refractivity contribution in [2.45, 2.75) is 12.8 Å². The Labute approximate surface area is 106 Å². The second kappa shape index (κ2) is 4.75. The topological polar surface area (TPSA) is 74.7 Å². The largest absolute Gasteiger partial charge is 0.481 e. The summed E-state index contributed by atoms with van der Waals surface area (Å²) < 4.78 is 26.2. The molecule has 7 heteroatoms. The number of carboxylic acid groups (broad SMARTS) is 1. The van der Waals surface area contributed by atoms with E-state index in [1.807, 2.05) is 0 Å². The zero-order valence-electron chi connectivity index (χ0n) is 9.65. The molecule has 0 saturated carbocycles. The van der Waals surface area contributed by atoms with Crippen molar-refractivity contribution < 1.29 is 28.3 Å². The number of hydrogen-bond donors (Lipinski definition) is 1. The molecule has 0 fully saturated rings. The minimum Gasteiger partial charge on any atom is -0.481 e. The number of benzene rings is 1. The van der Waals surface area contributed by atoms with Gasteiger partial charge in [0.15, 0.2) is 11.6 Å². The zero-order valence-corrected chi connectivity index (χ0v) is 9.65. The normalized spacial score (nSPS) is 13.9. The van der Waals surface area contributed by atoms with Crippen molar-refractivity contribution in [2.24, 2.45) is 0 Å². The number of aliphatic carboxylic acids is 1. The molecule has 1 amide bonds. The van der Waals surface area contributed by atoms with Crippen LogP contribution >= 0.6 is 0 Å². The fourth-order valence-corrected chi connectivity index (χ4v) is 1.90. The molecule has 0 saturated heterocycles. The van der Waals surface area contributed by atoms with E-state index in [9.17, 15) is 23.2 Å². The molecule has 1 aliphatic rings. The van der Waals surface area contributed by atoms with Crippen LogP contribution in [0.1, 0.15) is 23.2 Å². The zero-order chi connectivity index (χ0) is 14.2. The van der Waals surface area contributed by atoms with Gasteiger partial charge in [-0.1, -0.05) is 0 Å². The maximum Gasteiger partial charge on any atom is 0.303 e. The number of carbonyl (C=O) groups excluding carboxylic acids is 2. The lowest BCUT2D eigenvalue weighted by atomic mass is 10.1. The van der Waals surface area contributed by atoms with Crippen molar-refractivity contribution in [1.29, 1.82) is 0 Å². The number of nitrogens with zero attached hydrogens (tertiary/aromatic N) is 1. The highest BCUT2D eigenvalue weighted by atomic mass is 19.2. The molecule has 0 aromatic heterocycles. The number of anilines is 1. The molecule has 100 valence electrons. The Morgan fingerprint density at radius 3 is 2.47 bits per heavy atom. The number of carbonyl (C=O) groups is 3. The van der Waals surface area contributed by atoms with Gasteiger partial charge in [-0.2, -0.15) is 0 Å². The second-order valence-electron chi connectivity index (χ2n) is 4.07. The average molecular weight is 269 g/mol. The summed E-state index contributed by atoms with van der Waals surface area (Å²) in [5, 5.41) is 8.50. The maximum atomic E-state index is 13.1. The SMILES string of the molecule is O=C(O)CCCN1C(=O)C(=O)c2cc(F)c(F)cc21. The molecular weight excluding hydrogens is 260 g/mol. The number of fused-ring (bicyclic) bond motifs is 1. The lowest BCUT2D eigenvalue weighted by Gasteiger charge is -2.15. The first-order valence-corrected chi connectivity index (χ1v) is 5.49. The predicted octanol–water partition coefficient (Wildman–Crippen LogP) is 1.36.